The number of piperidine rings is 1. The summed E-state index contributed by atoms with van der Waals surface area (Å²) in [5.41, 5.74) is 1.90. The molecule has 0 spiro atoms. The number of carbonyl (C=O) groups excluding carboxylic acids is 1. The lowest BCUT2D eigenvalue weighted by Gasteiger charge is -2.33. The van der Waals surface area contributed by atoms with E-state index < -0.39 is 0 Å². The van der Waals surface area contributed by atoms with Crippen LogP contribution in [0.4, 0.5) is 0 Å². The van der Waals surface area contributed by atoms with Crippen molar-refractivity contribution in [3.8, 4) is 0 Å². The fourth-order valence-electron chi connectivity index (χ4n) is 2.62. The summed E-state index contributed by atoms with van der Waals surface area (Å²) in [6, 6.07) is 5.88. The standard InChI is InChI=1S/C15H19Br2NO/c1-11-4-2-6-13(14(11)17)15(19)18-9-3-5-12(10-18)7-8-16/h2,4,6,12H,3,5,7-10H2,1H3. The number of benzene rings is 1. The molecule has 1 heterocycles. The molecule has 4 heteroatoms. The number of halogens is 2. The zero-order chi connectivity index (χ0) is 13.8. The van der Waals surface area contributed by atoms with Crippen LogP contribution in [0, 0.1) is 12.8 Å². The maximum absolute atomic E-state index is 12.6. The lowest BCUT2D eigenvalue weighted by Crippen LogP contribution is -2.40. The number of amides is 1. The first kappa shape index (κ1) is 15.0. The van der Waals surface area contributed by atoms with E-state index in [1.165, 1.54) is 6.42 Å². The molecule has 19 heavy (non-hydrogen) atoms. The van der Waals surface area contributed by atoms with Gasteiger partial charge in [0.25, 0.3) is 5.91 Å². The van der Waals surface area contributed by atoms with Gasteiger partial charge in [0.1, 0.15) is 0 Å². The molecule has 0 aliphatic carbocycles. The summed E-state index contributed by atoms with van der Waals surface area (Å²) in [6.45, 7) is 3.80. The fourth-order valence-corrected chi connectivity index (χ4v) is 3.70. The molecule has 1 aliphatic heterocycles. The second-order valence-corrected chi connectivity index (χ2v) is 6.76. The van der Waals surface area contributed by atoms with E-state index in [0.29, 0.717) is 5.92 Å². The van der Waals surface area contributed by atoms with E-state index >= 15 is 0 Å². The molecule has 104 valence electrons. The summed E-state index contributed by atoms with van der Waals surface area (Å²) in [5.74, 6) is 0.801. The second kappa shape index (κ2) is 6.89. The zero-order valence-electron chi connectivity index (χ0n) is 11.2. The van der Waals surface area contributed by atoms with Gasteiger partial charge in [-0.05, 0) is 59.7 Å². The van der Waals surface area contributed by atoms with Crippen LogP contribution in [0.3, 0.4) is 0 Å². The first-order chi connectivity index (χ1) is 9.13. The smallest absolute Gasteiger partial charge is 0.255 e. The molecule has 1 fully saturated rings. The molecule has 0 saturated carbocycles. The van der Waals surface area contributed by atoms with Gasteiger partial charge >= 0.3 is 0 Å². The SMILES string of the molecule is Cc1cccc(C(=O)N2CCCC(CCBr)C2)c1Br. The first-order valence-electron chi connectivity index (χ1n) is 6.74. The molecule has 1 amide bonds. The average Bonchev–Trinajstić information content (AvgIpc) is 2.42. The van der Waals surface area contributed by atoms with Crippen LogP contribution in [0.2, 0.25) is 0 Å². The summed E-state index contributed by atoms with van der Waals surface area (Å²) < 4.78 is 0.933. The molecule has 1 aromatic rings. The Balaban J connectivity index is 2.12. The Kier molecular flexibility index (Phi) is 5.46. The van der Waals surface area contributed by atoms with Crippen molar-refractivity contribution in [2.75, 3.05) is 18.4 Å². The average molecular weight is 389 g/mol. The van der Waals surface area contributed by atoms with Crippen molar-refractivity contribution in [1.29, 1.82) is 0 Å². The molecule has 0 aromatic heterocycles. The summed E-state index contributed by atoms with van der Waals surface area (Å²) in [6.07, 6.45) is 3.51. The highest BCUT2D eigenvalue weighted by Gasteiger charge is 2.25. The van der Waals surface area contributed by atoms with E-state index in [1.54, 1.807) is 0 Å². The number of nitrogens with zero attached hydrogens (tertiary/aromatic N) is 1. The molecule has 1 unspecified atom stereocenters. The minimum Gasteiger partial charge on any atom is -0.338 e. The van der Waals surface area contributed by atoms with Gasteiger partial charge in [0.15, 0.2) is 0 Å². The van der Waals surface area contributed by atoms with Gasteiger partial charge in [0.05, 0.1) is 5.56 Å². The van der Waals surface area contributed by atoms with Crippen LogP contribution in [0.25, 0.3) is 0 Å². The Morgan fingerprint density at radius 3 is 3.00 bits per heavy atom. The van der Waals surface area contributed by atoms with Crippen molar-refractivity contribution >= 4 is 37.8 Å². The highest BCUT2D eigenvalue weighted by Crippen LogP contribution is 2.26. The Labute approximate surface area is 131 Å². The van der Waals surface area contributed by atoms with Crippen molar-refractivity contribution in [2.24, 2.45) is 5.92 Å². The van der Waals surface area contributed by atoms with Gasteiger partial charge in [0.2, 0.25) is 0 Å². The van der Waals surface area contributed by atoms with Gasteiger partial charge in [-0.1, -0.05) is 28.1 Å². The topological polar surface area (TPSA) is 20.3 Å². The summed E-state index contributed by atoms with van der Waals surface area (Å²) in [5, 5.41) is 1.02. The molecule has 1 aliphatic rings. The second-order valence-electron chi connectivity index (χ2n) is 5.17. The van der Waals surface area contributed by atoms with Crippen molar-refractivity contribution in [1.82, 2.24) is 4.90 Å². The van der Waals surface area contributed by atoms with Crippen LogP contribution >= 0.6 is 31.9 Å². The number of hydrogen-bond acceptors (Lipinski definition) is 1. The van der Waals surface area contributed by atoms with Crippen LogP contribution in [0.5, 0.6) is 0 Å². The Morgan fingerprint density at radius 1 is 1.47 bits per heavy atom. The molecule has 1 saturated heterocycles. The summed E-state index contributed by atoms with van der Waals surface area (Å²) in [7, 11) is 0. The summed E-state index contributed by atoms with van der Waals surface area (Å²) >= 11 is 7.04. The van der Waals surface area contributed by atoms with E-state index in [4.69, 9.17) is 0 Å². The fraction of sp³-hybridized carbons (Fsp3) is 0.533. The van der Waals surface area contributed by atoms with Crippen LogP contribution < -0.4 is 0 Å². The van der Waals surface area contributed by atoms with Crippen molar-refractivity contribution in [3.63, 3.8) is 0 Å². The van der Waals surface area contributed by atoms with Gasteiger partial charge in [-0.25, -0.2) is 0 Å². The number of carbonyl (C=O) groups is 1. The quantitative estimate of drug-likeness (QED) is 0.703. The maximum atomic E-state index is 12.6. The molecule has 2 rings (SSSR count). The normalized spacial score (nSPS) is 19.5. The van der Waals surface area contributed by atoms with E-state index in [2.05, 4.69) is 31.9 Å². The number of aryl methyl sites for hydroxylation is 1. The molecular weight excluding hydrogens is 370 g/mol. The molecular formula is C15H19Br2NO. The number of likely N-dealkylation sites (tertiary alicyclic amines) is 1. The van der Waals surface area contributed by atoms with Crippen LogP contribution in [0.15, 0.2) is 22.7 Å². The van der Waals surface area contributed by atoms with Crippen LogP contribution in [0.1, 0.15) is 35.2 Å². The molecule has 1 aromatic carbocycles. The highest BCUT2D eigenvalue weighted by atomic mass is 79.9. The zero-order valence-corrected chi connectivity index (χ0v) is 14.3. The van der Waals surface area contributed by atoms with Gasteiger partial charge < -0.3 is 4.90 Å². The third-order valence-electron chi connectivity index (χ3n) is 3.75. The number of rotatable bonds is 3. The molecule has 0 N–H and O–H groups in total. The first-order valence-corrected chi connectivity index (χ1v) is 8.65. The van der Waals surface area contributed by atoms with Gasteiger partial charge in [0, 0.05) is 22.9 Å². The Hall–Kier alpha value is -0.350. The lowest BCUT2D eigenvalue weighted by atomic mass is 9.95. The van der Waals surface area contributed by atoms with E-state index in [-0.39, 0.29) is 5.91 Å². The molecule has 1 atom stereocenters. The predicted molar refractivity (Wildman–Crippen MR) is 85.9 cm³/mol. The third kappa shape index (κ3) is 3.60. The van der Waals surface area contributed by atoms with Gasteiger partial charge in [-0.3, -0.25) is 4.79 Å². The van der Waals surface area contributed by atoms with Crippen LogP contribution in [-0.2, 0) is 0 Å². The van der Waals surface area contributed by atoms with Crippen molar-refractivity contribution in [3.05, 3.63) is 33.8 Å². The monoisotopic (exact) mass is 387 g/mol. The van der Waals surface area contributed by atoms with Crippen LogP contribution in [-0.4, -0.2) is 29.2 Å². The third-order valence-corrected chi connectivity index (χ3v) is 5.26. The molecule has 0 bridgehead atoms. The van der Waals surface area contributed by atoms with E-state index in [0.717, 1.165) is 46.9 Å². The van der Waals surface area contributed by atoms with Gasteiger partial charge in [-0.15, -0.1) is 0 Å². The number of alkyl halides is 1. The largest absolute Gasteiger partial charge is 0.338 e. The van der Waals surface area contributed by atoms with Gasteiger partial charge in [-0.2, -0.15) is 0 Å². The molecule has 2 nitrogen and oxygen atoms in total. The minimum atomic E-state index is 0.162. The predicted octanol–water partition coefficient (Wildman–Crippen LogP) is 4.39. The van der Waals surface area contributed by atoms with Crippen molar-refractivity contribution in [2.45, 2.75) is 26.2 Å². The maximum Gasteiger partial charge on any atom is 0.255 e. The molecule has 0 radical (unpaired) electrons. The van der Waals surface area contributed by atoms with Crippen molar-refractivity contribution < 1.29 is 4.79 Å². The van der Waals surface area contributed by atoms with E-state index in [9.17, 15) is 4.79 Å². The Bertz CT molecular complexity index is 459. The minimum absolute atomic E-state index is 0.162. The van der Waals surface area contributed by atoms with E-state index in [1.807, 2.05) is 30.0 Å². The highest BCUT2D eigenvalue weighted by molar-refractivity contribution is 9.10. The lowest BCUT2D eigenvalue weighted by molar-refractivity contribution is 0.0671. The number of hydrogen-bond donors (Lipinski definition) is 0. The summed E-state index contributed by atoms with van der Waals surface area (Å²) in [4.78, 5) is 14.6. The Morgan fingerprint density at radius 2 is 2.26 bits per heavy atom.